The minimum absolute atomic E-state index is 0.0645. The molecular formula is C14H17NO4. The molecule has 0 radical (unpaired) electrons. The van der Waals surface area contributed by atoms with E-state index in [1.54, 1.807) is 29.2 Å². The van der Waals surface area contributed by atoms with Gasteiger partial charge in [0.2, 0.25) is 5.91 Å². The number of carboxylic acid groups (broad SMARTS) is 1. The van der Waals surface area contributed by atoms with E-state index >= 15 is 0 Å². The molecule has 0 aromatic heterocycles. The second-order valence-corrected chi connectivity index (χ2v) is 4.80. The number of para-hydroxylation sites is 1. The number of hydrogen-bond acceptors (Lipinski definition) is 3. The summed E-state index contributed by atoms with van der Waals surface area (Å²) in [6.45, 7) is 0.951. The van der Waals surface area contributed by atoms with Crippen LogP contribution in [0.5, 0.6) is 5.75 Å². The fourth-order valence-electron chi connectivity index (χ4n) is 2.31. The Bertz CT molecular complexity index is 478. The average molecular weight is 263 g/mol. The van der Waals surface area contributed by atoms with E-state index in [9.17, 15) is 14.7 Å². The first-order chi connectivity index (χ1) is 9.08. The molecule has 1 amide bonds. The summed E-state index contributed by atoms with van der Waals surface area (Å²) in [5, 5.41) is 18.5. The summed E-state index contributed by atoms with van der Waals surface area (Å²) < 4.78 is 0. The second-order valence-electron chi connectivity index (χ2n) is 4.80. The average Bonchev–Trinajstić information content (AvgIpc) is 2.41. The van der Waals surface area contributed by atoms with Gasteiger partial charge in [-0.3, -0.25) is 9.59 Å². The topological polar surface area (TPSA) is 77.8 Å². The number of piperidine rings is 1. The van der Waals surface area contributed by atoms with E-state index in [0.29, 0.717) is 31.5 Å². The number of rotatable bonds is 3. The number of carbonyl (C=O) groups is 2. The lowest BCUT2D eigenvalue weighted by Crippen LogP contribution is -2.40. The van der Waals surface area contributed by atoms with Gasteiger partial charge in [-0.25, -0.2) is 0 Å². The molecule has 2 N–H and O–H groups in total. The van der Waals surface area contributed by atoms with Crippen LogP contribution < -0.4 is 0 Å². The molecule has 5 heteroatoms. The number of aliphatic carboxylic acids is 1. The third kappa shape index (κ3) is 3.24. The Morgan fingerprint density at radius 1 is 1.21 bits per heavy atom. The van der Waals surface area contributed by atoms with Gasteiger partial charge in [0.1, 0.15) is 5.75 Å². The predicted octanol–water partition coefficient (Wildman–Crippen LogP) is 1.26. The largest absolute Gasteiger partial charge is 0.508 e. The van der Waals surface area contributed by atoms with Gasteiger partial charge in [0.25, 0.3) is 0 Å². The number of benzene rings is 1. The van der Waals surface area contributed by atoms with Crippen molar-refractivity contribution in [3.8, 4) is 5.75 Å². The molecule has 0 saturated carbocycles. The van der Waals surface area contributed by atoms with E-state index < -0.39 is 5.97 Å². The summed E-state index contributed by atoms with van der Waals surface area (Å²) in [6.07, 6.45) is 1.16. The summed E-state index contributed by atoms with van der Waals surface area (Å²) in [4.78, 5) is 24.6. The Morgan fingerprint density at radius 3 is 2.42 bits per heavy atom. The van der Waals surface area contributed by atoms with E-state index in [4.69, 9.17) is 5.11 Å². The van der Waals surface area contributed by atoms with Crippen LogP contribution >= 0.6 is 0 Å². The Morgan fingerprint density at radius 2 is 1.84 bits per heavy atom. The van der Waals surface area contributed by atoms with Gasteiger partial charge in [-0.15, -0.1) is 0 Å². The van der Waals surface area contributed by atoms with Gasteiger partial charge in [-0.1, -0.05) is 18.2 Å². The number of nitrogens with zero attached hydrogens (tertiary/aromatic N) is 1. The third-order valence-electron chi connectivity index (χ3n) is 3.53. The number of phenolic OH excluding ortho intramolecular Hbond substituents is 1. The van der Waals surface area contributed by atoms with E-state index in [2.05, 4.69) is 0 Å². The third-order valence-corrected chi connectivity index (χ3v) is 3.53. The molecule has 1 heterocycles. The fourth-order valence-corrected chi connectivity index (χ4v) is 2.31. The molecular weight excluding hydrogens is 246 g/mol. The van der Waals surface area contributed by atoms with Gasteiger partial charge in [0.15, 0.2) is 0 Å². The first kappa shape index (κ1) is 13.4. The molecule has 1 aliphatic heterocycles. The van der Waals surface area contributed by atoms with Crippen molar-refractivity contribution in [2.75, 3.05) is 13.1 Å². The van der Waals surface area contributed by atoms with Crippen LogP contribution in [0, 0.1) is 5.92 Å². The highest BCUT2D eigenvalue weighted by Crippen LogP contribution is 2.20. The quantitative estimate of drug-likeness (QED) is 0.860. The van der Waals surface area contributed by atoms with Crippen LogP contribution in [0.4, 0.5) is 0 Å². The lowest BCUT2D eigenvalue weighted by molar-refractivity contribution is -0.145. The van der Waals surface area contributed by atoms with E-state index in [0.717, 1.165) is 0 Å². The van der Waals surface area contributed by atoms with Crippen LogP contribution in [0.2, 0.25) is 0 Å². The monoisotopic (exact) mass is 263 g/mol. The molecule has 1 aromatic rings. The van der Waals surface area contributed by atoms with Crippen LogP contribution in [0.15, 0.2) is 24.3 Å². The zero-order valence-corrected chi connectivity index (χ0v) is 10.6. The van der Waals surface area contributed by atoms with Gasteiger partial charge >= 0.3 is 5.97 Å². The van der Waals surface area contributed by atoms with Crippen LogP contribution in [0.25, 0.3) is 0 Å². The highest BCUT2D eigenvalue weighted by atomic mass is 16.4. The number of carbonyl (C=O) groups excluding carboxylic acids is 1. The summed E-state index contributed by atoms with van der Waals surface area (Å²) in [5.74, 6) is -1.07. The zero-order chi connectivity index (χ0) is 13.8. The molecule has 0 aliphatic carbocycles. The minimum Gasteiger partial charge on any atom is -0.508 e. The lowest BCUT2D eigenvalue weighted by atomic mass is 9.96. The van der Waals surface area contributed by atoms with E-state index in [-0.39, 0.29) is 24.0 Å². The number of likely N-dealkylation sites (tertiary alicyclic amines) is 1. The Hall–Kier alpha value is -2.04. The van der Waals surface area contributed by atoms with Crippen LogP contribution in [0.3, 0.4) is 0 Å². The van der Waals surface area contributed by atoms with Gasteiger partial charge in [0, 0.05) is 18.7 Å². The van der Waals surface area contributed by atoms with Crippen molar-refractivity contribution in [3.05, 3.63) is 29.8 Å². The van der Waals surface area contributed by atoms with Crippen LogP contribution in [-0.2, 0) is 16.0 Å². The number of carboxylic acids is 1. The van der Waals surface area contributed by atoms with Crippen molar-refractivity contribution >= 4 is 11.9 Å². The molecule has 5 nitrogen and oxygen atoms in total. The molecule has 2 rings (SSSR count). The lowest BCUT2D eigenvalue weighted by Gasteiger charge is -2.30. The number of phenols is 1. The molecule has 0 atom stereocenters. The minimum atomic E-state index is -0.784. The smallest absolute Gasteiger partial charge is 0.306 e. The van der Waals surface area contributed by atoms with Gasteiger partial charge in [-0.2, -0.15) is 0 Å². The van der Waals surface area contributed by atoms with Crippen molar-refractivity contribution in [1.29, 1.82) is 0 Å². The van der Waals surface area contributed by atoms with Crippen molar-refractivity contribution in [2.45, 2.75) is 19.3 Å². The first-order valence-corrected chi connectivity index (χ1v) is 6.35. The Kier molecular flexibility index (Phi) is 4.04. The zero-order valence-electron chi connectivity index (χ0n) is 10.6. The van der Waals surface area contributed by atoms with Crippen molar-refractivity contribution < 1.29 is 19.8 Å². The van der Waals surface area contributed by atoms with Gasteiger partial charge in [0.05, 0.1) is 12.3 Å². The maximum absolute atomic E-state index is 12.1. The molecule has 19 heavy (non-hydrogen) atoms. The summed E-state index contributed by atoms with van der Waals surface area (Å²) in [5.41, 5.74) is 0.604. The first-order valence-electron chi connectivity index (χ1n) is 6.35. The fraction of sp³-hybridized carbons (Fsp3) is 0.429. The predicted molar refractivity (Wildman–Crippen MR) is 68.8 cm³/mol. The molecule has 1 fully saturated rings. The maximum Gasteiger partial charge on any atom is 0.306 e. The Labute approximate surface area is 111 Å². The molecule has 102 valence electrons. The normalized spacial score (nSPS) is 16.3. The van der Waals surface area contributed by atoms with Crippen LogP contribution in [-0.4, -0.2) is 40.1 Å². The number of aromatic hydroxyl groups is 1. The van der Waals surface area contributed by atoms with Gasteiger partial charge in [-0.05, 0) is 18.9 Å². The summed E-state index contributed by atoms with van der Waals surface area (Å²) in [7, 11) is 0. The highest BCUT2D eigenvalue weighted by molar-refractivity contribution is 5.80. The molecule has 1 saturated heterocycles. The van der Waals surface area contributed by atoms with E-state index in [1.165, 1.54) is 0 Å². The second kappa shape index (κ2) is 5.73. The molecule has 1 aromatic carbocycles. The Balaban J connectivity index is 1.92. The van der Waals surface area contributed by atoms with E-state index in [1.807, 2.05) is 0 Å². The molecule has 1 aliphatic rings. The maximum atomic E-state index is 12.1. The highest BCUT2D eigenvalue weighted by Gasteiger charge is 2.27. The standard InChI is InChI=1S/C14H17NO4/c16-12-4-2-1-3-11(12)9-13(17)15-7-5-10(6-8-15)14(18)19/h1-4,10,16H,5-9H2,(H,18,19). The molecule has 0 bridgehead atoms. The van der Waals surface area contributed by atoms with Crippen LogP contribution in [0.1, 0.15) is 18.4 Å². The molecule has 0 unspecified atom stereocenters. The number of amides is 1. The van der Waals surface area contributed by atoms with Gasteiger partial charge < -0.3 is 15.1 Å². The van der Waals surface area contributed by atoms with Crippen molar-refractivity contribution in [3.63, 3.8) is 0 Å². The number of hydrogen-bond donors (Lipinski definition) is 2. The molecule has 0 spiro atoms. The SMILES string of the molecule is O=C(O)C1CCN(C(=O)Cc2ccccc2O)CC1. The summed E-state index contributed by atoms with van der Waals surface area (Å²) >= 11 is 0. The van der Waals surface area contributed by atoms with Crippen molar-refractivity contribution in [2.24, 2.45) is 5.92 Å². The summed E-state index contributed by atoms with van der Waals surface area (Å²) in [6, 6.07) is 6.76. The van der Waals surface area contributed by atoms with Crippen molar-refractivity contribution in [1.82, 2.24) is 4.90 Å².